The van der Waals surface area contributed by atoms with Gasteiger partial charge in [-0.15, -0.1) is 0 Å². The molecule has 94 valence electrons. The number of benzene rings is 1. The summed E-state index contributed by atoms with van der Waals surface area (Å²) in [5.74, 6) is 1.44. The third-order valence-corrected chi connectivity index (χ3v) is 3.86. The highest BCUT2D eigenvalue weighted by atomic mass is 79.9. The van der Waals surface area contributed by atoms with Gasteiger partial charge in [0, 0.05) is 23.0 Å². The van der Waals surface area contributed by atoms with Crippen molar-refractivity contribution >= 4 is 31.9 Å². The van der Waals surface area contributed by atoms with E-state index < -0.39 is 0 Å². The molecule has 2 rings (SSSR count). The van der Waals surface area contributed by atoms with Crippen molar-refractivity contribution in [1.82, 2.24) is 5.32 Å². The molecule has 1 atom stereocenters. The summed E-state index contributed by atoms with van der Waals surface area (Å²) in [5.41, 5.74) is 0. The van der Waals surface area contributed by atoms with Crippen molar-refractivity contribution in [2.24, 2.45) is 5.92 Å². The lowest BCUT2D eigenvalue weighted by Crippen LogP contribution is -2.26. The minimum Gasteiger partial charge on any atom is -0.492 e. The van der Waals surface area contributed by atoms with Crippen molar-refractivity contribution in [2.45, 2.75) is 25.8 Å². The average Bonchev–Trinajstić information content (AvgIpc) is 3.09. The fourth-order valence-corrected chi connectivity index (χ4v) is 2.70. The Morgan fingerprint density at radius 2 is 2.18 bits per heavy atom. The molecule has 0 amide bonds. The van der Waals surface area contributed by atoms with Gasteiger partial charge in [0.2, 0.25) is 0 Å². The molecule has 1 aromatic rings. The van der Waals surface area contributed by atoms with E-state index in [-0.39, 0.29) is 0 Å². The number of rotatable bonds is 6. The van der Waals surface area contributed by atoms with Gasteiger partial charge in [0.25, 0.3) is 0 Å². The minimum absolute atomic E-state index is 0.533. The monoisotopic (exact) mass is 361 g/mol. The molecule has 1 saturated carbocycles. The number of hydrogen-bond acceptors (Lipinski definition) is 2. The van der Waals surface area contributed by atoms with Crippen molar-refractivity contribution < 1.29 is 4.74 Å². The van der Waals surface area contributed by atoms with Gasteiger partial charge in [-0.05, 0) is 47.0 Å². The normalized spacial score (nSPS) is 16.9. The molecule has 1 N–H and O–H groups in total. The van der Waals surface area contributed by atoms with Crippen LogP contribution < -0.4 is 10.1 Å². The summed E-state index contributed by atoms with van der Waals surface area (Å²) in [5, 5.41) is 3.52. The molecule has 0 heterocycles. The number of nitrogens with one attached hydrogen (secondary N) is 1. The molecule has 0 aromatic heterocycles. The van der Waals surface area contributed by atoms with Gasteiger partial charge in [0.05, 0.1) is 11.1 Å². The number of ether oxygens (including phenoxy) is 1. The van der Waals surface area contributed by atoms with Gasteiger partial charge in [-0.1, -0.05) is 22.9 Å². The Morgan fingerprint density at radius 3 is 2.82 bits per heavy atom. The summed E-state index contributed by atoms with van der Waals surface area (Å²) >= 11 is 6.93. The van der Waals surface area contributed by atoms with E-state index in [0.717, 1.165) is 33.9 Å². The first kappa shape index (κ1) is 13.4. The molecule has 0 radical (unpaired) electrons. The van der Waals surface area contributed by atoms with Crippen LogP contribution in [0.3, 0.4) is 0 Å². The van der Waals surface area contributed by atoms with Gasteiger partial charge >= 0.3 is 0 Å². The zero-order valence-electron chi connectivity index (χ0n) is 9.88. The summed E-state index contributed by atoms with van der Waals surface area (Å²) in [7, 11) is 0. The van der Waals surface area contributed by atoms with Crippen LogP contribution in [0.15, 0.2) is 27.1 Å². The molecule has 2 nitrogen and oxygen atoms in total. The first-order valence-electron chi connectivity index (χ1n) is 5.96. The van der Waals surface area contributed by atoms with Gasteiger partial charge in [-0.2, -0.15) is 0 Å². The lowest BCUT2D eigenvalue weighted by molar-refractivity contribution is 0.254. The molecule has 0 bridgehead atoms. The van der Waals surface area contributed by atoms with E-state index in [1.54, 1.807) is 0 Å². The molecule has 1 aromatic carbocycles. The molecular weight excluding hydrogens is 346 g/mol. The maximum absolute atomic E-state index is 5.80. The molecule has 1 fully saturated rings. The molecule has 17 heavy (non-hydrogen) atoms. The van der Waals surface area contributed by atoms with Crippen molar-refractivity contribution in [2.75, 3.05) is 13.2 Å². The number of hydrogen-bond donors (Lipinski definition) is 1. The Kier molecular flexibility index (Phi) is 4.88. The van der Waals surface area contributed by atoms with Gasteiger partial charge in [0.15, 0.2) is 0 Å². The molecule has 1 unspecified atom stereocenters. The predicted octanol–water partition coefficient (Wildman–Crippen LogP) is 3.98. The quantitative estimate of drug-likeness (QED) is 0.826. The van der Waals surface area contributed by atoms with E-state index in [4.69, 9.17) is 4.74 Å². The van der Waals surface area contributed by atoms with Crippen molar-refractivity contribution in [3.63, 3.8) is 0 Å². The second-order valence-corrected chi connectivity index (χ2v) is 6.44. The summed E-state index contributed by atoms with van der Waals surface area (Å²) < 4.78 is 7.85. The lowest BCUT2D eigenvalue weighted by atomic mass is 10.2. The SMILES string of the molecule is CC(CNC1CC1)COc1ccc(Br)cc1Br. The summed E-state index contributed by atoms with van der Waals surface area (Å²) in [6.45, 7) is 4.00. The maximum atomic E-state index is 5.80. The smallest absolute Gasteiger partial charge is 0.133 e. The largest absolute Gasteiger partial charge is 0.492 e. The fraction of sp³-hybridized carbons (Fsp3) is 0.538. The summed E-state index contributed by atoms with van der Waals surface area (Å²) in [4.78, 5) is 0. The third-order valence-electron chi connectivity index (χ3n) is 2.75. The fourth-order valence-electron chi connectivity index (χ4n) is 1.54. The first-order valence-corrected chi connectivity index (χ1v) is 7.55. The van der Waals surface area contributed by atoms with Crippen LogP contribution in [0.4, 0.5) is 0 Å². The van der Waals surface area contributed by atoms with Crippen LogP contribution in [0.5, 0.6) is 5.75 Å². The van der Waals surface area contributed by atoms with Gasteiger partial charge < -0.3 is 10.1 Å². The van der Waals surface area contributed by atoms with E-state index in [1.807, 2.05) is 18.2 Å². The second kappa shape index (κ2) is 6.21. The van der Waals surface area contributed by atoms with Gasteiger partial charge in [0.1, 0.15) is 5.75 Å². The van der Waals surface area contributed by atoms with Crippen LogP contribution in [0.1, 0.15) is 19.8 Å². The van der Waals surface area contributed by atoms with E-state index in [1.165, 1.54) is 12.8 Å². The molecule has 4 heteroatoms. The van der Waals surface area contributed by atoms with E-state index >= 15 is 0 Å². The summed E-state index contributed by atoms with van der Waals surface area (Å²) in [6, 6.07) is 6.75. The Morgan fingerprint density at radius 1 is 1.41 bits per heavy atom. The van der Waals surface area contributed by atoms with E-state index in [9.17, 15) is 0 Å². The van der Waals surface area contributed by atoms with E-state index in [0.29, 0.717) is 5.92 Å². The van der Waals surface area contributed by atoms with Crippen LogP contribution in [-0.2, 0) is 0 Å². The highest BCUT2D eigenvalue weighted by Gasteiger charge is 2.20. The van der Waals surface area contributed by atoms with Crippen LogP contribution in [0, 0.1) is 5.92 Å². The van der Waals surface area contributed by atoms with Gasteiger partial charge in [-0.3, -0.25) is 0 Å². The standard InChI is InChI=1S/C13H17Br2NO/c1-9(7-16-11-3-4-11)8-17-13-5-2-10(14)6-12(13)15/h2,5-6,9,11,16H,3-4,7-8H2,1H3. The number of halogens is 2. The zero-order valence-corrected chi connectivity index (χ0v) is 13.1. The van der Waals surface area contributed by atoms with Gasteiger partial charge in [-0.25, -0.2) is 0 Å². The highest BCUT2D eigenvalue weighted by Crippen LogP contribution is 2.28. The van der Waals surface area contributed by atoms with E-state index in [2.05, 4.69) is 44.1 Å². The predicted molar refractivity (Wildman–Crippen MR) is 77.5 cm³/mol. The molecular formula is C13H17Br2NO. The lowest BCUT2D eigenvalue weighted by Gasteiger charge is -2.14. The Hall–Kier alpha value is -0.0600. The second-order valence-electron chi connectivity index (χ2n) is 4.67. The summed E-state index contributed by atoms with van der Waals surface area (Å²) in [6.07, 6.45) is 2.68. The van der Waals surface area contributed by atoms with Crippen LogP contribution in [0.25, 0.3) is 0 Å². The Bertz CT molecular complexity index is 380. The zero-order chi connectivity index (χ0) is 12.3. The molecule has 1 aliphatic rings. The highest BCUT2D eigenvalue weighted by molar-refractivity contribution is 9.11. The molecule has 0 spiro atoms. The van der Waals surface area contributed by atoms with Crippen molar-refractivity contribution in [1.29, 1.82) is 0 Å². The first-order chi connectivity index (χ1) is 8.15. The molecule has 1 aliphatic carbocycles. The molecule has 0 saturated heterocycles. The average molecular weight is 363 g/mol. The van der Waals surface area contributed by atoms with Crippen LogP contribution in [-0.4, -0.2) is 19.2 Å². The Balaban J connectivity index is 1.75. The third kappa shape index (κ3) is 4.60. The topological polar surface area (TPSA) is 21.3 Å². The molecule has 0 aliphatic heterocycles. The van der Waals surface area contributed by atoms with Crippen LogP contribution >= 0.6 is 31.9 Å². The van der Waals surface area contributed by atoms with Crippen molar-refractivity contribution in [3.05, 3.63) is 27.1 Å². The maximum Gasteiger partial charge on any atom is 0.133 e. The van der Waals surface area contributed by atoms with Crippen LogP contribution in [0.2, 0.25) is 0 Å². The van der Waals surface area contributed by atoms with Crippen molar-refractivity contribution in [3.8, 4) is 5.75 Å². The minimum atomic E-state index is 0.533. The Labute approximate surface area is 119 Å².